The lowest BCUT2D eigenvalue weighted by Gasteiger charge is -2.30. The molecular weight excluding hydrogens is 318 g/mol. The van der Waals surface area contributed by atoms with E-state index >= 15 is 0 Å². The summed E-state index contributed by atoms with van der Waals surface area (Å²) in [5.41, 5.74) is 0.886. The van der Waals surface area contributed by atoms with Crippen LogP contribution in [-0.4, -0.2) is 29.2 Å². The molecule has 1 N–H and O–H groups in total. The first-order valence-electron chi connectivity index (χ1n) is 8.65. The van der Waals surface area contributed by atoms with Crippen LogP contribution < -0.4 is 5.32 Å². The Morgan fingerprint density at radius 3 is 2.48 bits per heavy atom. The minimum atomic E-state index is -0.561. The van der Waals surface area contributed by atoms with E-state index in [2.05, 4.69) is 11.4 Å². The normalized spacial score (nSPS) is 19.1. The first-order chi connectivity index (χ1) is 12.0. The van der Waals surface area contributed by atoms with Crippen LogP contribution >= 0.6 is 0 Å². The molecule has 3 rings (SSSR count). The molecule has 6 nitrogen and oxygen atoms in total. The molecule has 1 aliphatic carbocycles. The van der Waals surface area contributed by atoms with Gasteiger partial charge in [0, 0.05) is 12.1 Å². The number of imide groups is 1. The molecule has 1 heterocycles. The second kappa shape index (κ2) is 7.06. The predicted molar refractivity (Wildman–Crippen MR) is 91.2 cm³/mol. The van der Waals surface area contributed by atoms with Gasteiger partial charge < -0.3 is 5.32 Å². The summed E-state index contributed by atoms with van der Waals surface area (Å²) in [7, 11) is 0. The number of hydrogen-bond donors (Lipinski definition) is 1. The number of nitrogens with zero attached hydrogens (tertiary/aromatic N) is 2. The summed E-state index contributed by atoms with van der Waals surface area (Å²) in [6, 6.07) is 9.01. The van der Waals surface area contributed by atoms with E-state index in [1.54, 1.807) is 24.3 Å². The standard InChI is InChI=1S/C19H21N3O3/c20-11-8-14-4-6-15(7-5-14)21-16(23)13-22-17(24)12-19(18(22)25)9-2-1-3-10-19/h4-7H,1-3,8-10,12-13H2,(H,21,23). The molecule has 1 saturated heterocycles. The Balaban J connectivity index is 1.61. The first-order valence-corrected chi connectivity index (χ1v) is 8.65. The summed E-state index contributed by atoms with van der Waals surface area (Å²) < 4.78 is 0. The molecule has 1 aromatic rings. The number of carbonyl (C=O) groups is 3. The van der Waals surface area contributed by atoms with Gasteiger partial charge in [-0.15, -0.1) is 0 Å². The third kappa shape index (κ3) is 3.55. The topological polar surface area (TPSA) is 90.3 Å². The number of rotatable bonds is 4. The molecule has 25 heavy (non-hydrogen) atoms. The second-order valence-corrected chi connectivity index (χ2v) is 6.88. The number of amides is 3. The van der Waals surface area contributed by atoms with Crippen LogP contribution in [-0.2, 0) is 20.8 Å². The highest BCUT2D eigenvalue weighted by molar-refractivity contribution is 6.09. The van der Waals surface area contributed by atoms with Gasteiger partial charge in [-0.2, -0.15) is 5.26 Å². The number of nitrogens with one attached hydrogen (secondary N) is 1. The average Bonchev–Trinajstić information content (AvgIpc) is 2.82. The van der Waals surface area contributed by atoms with Gasteiger partial charge in [0.2, 0.25) is 17.7 Å². The molecule has 1 saturated carbocycles. The van der Waals surface area contributed by atoms with Gasteiger partial charge in [0.25, 0.3) is 0 Å². The van der Waals surface area contributed by atoms with Gasteiger partial charge in [-0.1, -0.05) is 31.4 Å². The van der Waals surface area contributed by atoms with Gasteiger partial charge in [-0.3, -0.25) is 19.3 Å². The summed E-state index contributed by atoms with van der Waals surface area (Å²) in [5.74, 6) is -0.814. The summed E-state index contributed by atoms with van der Waals surface area (Å²) >= 11 is 0. The monoisotopic (exact) mass is 339 g/mol. The Morgan fingerprint density at radius 2 is 1.84 bits per heavy atom. The Labute approximate surface area is 146 Å². The van der Waals surface area contributed by atoms with Crippen LogP contribution in [0, 0.1) is 16.7 Å². The number of likely N-dealkylation sites (tertiary alicyclic amines) is 1. The Bertz CT molecular complexity index is 727. The molecule has 130 valence electrons. The van der Waals surface area contributed by atoms with E-state index < -0.39 is 5.41 Å². The van der Waals surface area contributed by atoms with Crippen LogP contribution in [0.25, 0.3) is 0 Å². The molecule has 1 aromatic carbocycles. The largest absolute Gasteiger partial charge is 0.325 e. The Morgan fingerprint density at radius 1 is 1.16 bits per heavy atom. The molecule has 0 aromatic heterocycles. The SMILES string of the molecule is N#CCc1ccc(NC(=O)CN2C(=O)CC3(CCCCC3)C2=O)cc1. The maximum absolute atomic E-state index is 12.7. The van der Waals surface area contributed by atoms with Crippen LogP contribution in [0.5, 0.6) is 0 Å². The van der Waals surface area contributed by atoms with Gasteiger partial charge >= 0.3 is 0 Å². The van der Waals surface area contributed by atoms with Crippen LogP contribution in [0.4, 0.5) is 5.69 Å². The highest BCUT2D eigenvalue weighted by atomic mass is 16.2. The van der Waals surface area contributed by atoms with E-state index in [1.165, 1.54) is 0 Å². The molecule has 1 aliphatic heterocycles. The van der Waals surface area contributed by atoms with Crippen molar-refractivity contribution in [1.29, 1.82) is 5.26 Å². The highest BCUT2D eigenvalue weighted by Crippen LogP contribution is 2.45. The summed E-state index contributed by atoms with van der Waals surface area (Å²) in [6.45, 7) is -0.237. The molecule has 0 atom stereocenters. The van der Waals surface area contributed by atoms with E-state index in [1.807, 2.05) is 0 Å². The van der Waals surface area contributed by atoms with E-state index in [9.17, 15) is 14.4 Å². The van der Waals surface area contributed by atoms with Gasteiger partial charge in [-0.25, -0.2) is 0 Å². The maximum atomic E-state index is 12.7. The molecule has 0 bridgehead atoms. The molecule has 2 fully saturated rings. The number of hydrogen-bond acceptors (Lipinski definition) is 4. The molecule has 1 spiro atoms. The fraction of sp³-hybridized carbons (Fsp3) is 0.474. The van der Waals surface area contributed by atoms with E-state index in [4.69, 9.17) is 5.26 Å². The zero-order valence-electron chi connectivity index (χ0n) is 14.1. The van der Waals surface area contributed by atoms with Gasteiger partial charge in [0.1, 0.15) is 6.54 Å². The molecule has 0 radical (unpaired) electrons. The molecule has 6 heteroatoms. The zero-order chi connectivity index (χ0) is 17.9. The lowest BCUT2D eigenvalue weighted by atomic mass is 9.73. The summed E-state index contributed by atoms with van der Waals surface area (Å²) in [5, 5.41) is 11.4. The van der Waals surface area contributed by atoms with Gasteiger partial charge in [0.15, 0.2) is 0 Å². The first kappa shape index (κ1) is 17.2. The Hall–Kier alpha value is -2.68. The quantitative estimate of drug-likeness (QED) is 0.853. The van der Waals surface area contributed by atoms with Crippen LogP contribution in [0.2, 0.25) is 0 Å². The third-order valence-corrected chi connectivity index (χ3v) is 5.12. The zero-order valence-corrected chi connectivity index (χ0v) is 14.1. The lowest BCUT2D eigenvalue weighted by Crippen LogP contribution is -2.41. The molecule has 3 amide bonds. The van der Waals surface area contributed by atoms with Crippen LogP contribution in [0.15, 0.2) is 24.3 Å². The molecule has 0 unspecified atom stereocenters. The van der Waals surface area contributed by atoms with Gasteiger partial charge in [0.05, 0.1) is 17.9 Å². The van der Waals surface area contributed by atoms with E-state index in [0.29, 0.717) is 12.1 Å². The Kier molecular flexibility index (Phi) is 4.84. The smallest absolute Gasteiger partial charge is 0.244 e. The van der Waals surface area contributed by atoms with Crippen molar-refractivity contribution in [1.82, 2.24) is 4.90 Å². The fourth-order valence-corrected chi connectivity index (χ4v) is 3.78. The maximum Gasteiger partial charge on any atom is 0.244 e. The number of carbonyl (C=O) groups excluding carboxylic acids is 3. The third-order valence-electron chi connectivity index (χ3n) is 5.12. The van der Waals surface area contributed by atoms with Crippen molar-refractivity contribution in [2.75, 3.05) is 11.9 Å². The minimum Gasteiger partial charge on any atom is -0.325 e. The second-order valence-electron chi connectivity index (χ2n) is 6.88. The number of anilines is 1. The predicted octanol–water partition coefficient (Wildman–Crippen LogP) is 2.40. The van der Waals surface area contributed by atoms with Crippen LogP contribution in [0.1, 0.15) is 44.1 Å². The van der Waals surface area contributed by atoms with Crippen molar-refractivity contribution < 1.29 is 14.4 Å². The van der Waals surface area contributed by atoms with E-state index in [-0.39, 0.29) is 30.7 Å². The molecule has 2 aliphatic rings. The van der Waals surface area contributed by atoms with Crippen molar-refractivity contribution >= 4 is 23.4 Å². The van der Waals surface area contributed by atoms with Gasteiger partial charge in [-0.05, 0) is 30.5 Å². The van der Waals surface area contributed by atoms with E-state index in [0.717, 1.165) is 42.6 Å². The lowest BCUT2D eigenvalue weighted by molar-refractivity contribution is -0.144. The van der Waals surface area contributed by atoms with Crippen molar-refractivity contribution in [3.05, 3.63) is 29.8 Å². The van der Waals surface area contributed by atoms with Crippen molar-refractivity contribution in [3.8, 4) is 6.07 Å². The van der Waals surface area contributed by atoms with Crippen molar-refractivity contribution in [2.24, 2.45) is 5.41 Å². The molecular formula is C19H21N3O3. The number of benzene rings is 1. The number of nitriles is 1. The summed E-state index contributed by atoms with van der Waals surface area (Å²) in [4.78, 5) is 38.3. The van der Waals surface area contributed by atoms with Crippen molar-refractivity contribution in [3.63, 3.8) is 0 Å². The highest BCUT2D eigenvalue weighted by Gasteiger charge is 2.51. The summed E-state index contributed by atoms with van der Waals surface area (Å²) in [6.07, 6.45) is 5.08. The average molecular weight is 339 g/mol. The van der Waals surface area contributed by atoms with Crippen molar-refractivity contribution in [2.45, 2.75) is 44.9 Å². The fourth-order valence-electron chi connectivity index (χ4n) is 3.78. The minimum absolute atomic E-state index is 0.184. The van der Waals surface area contributed by atoms with Crippen LogP contribution in [0.3, 0.4) is 0 Å².